The Labute approximate surface area is 143 Å². The fourth-order valence-corrected chi connectivity index (χ4v) is 4.38. The van der Waals surface area contributed by atoms with Crippen molar-refractivity contribution in [1.29, 1.82) is 0 Å². The minimum absolute atomic E-state index is 0.272. The maximum absolute atomic E-state index is 11.1. The number of fused-ring (bicyclic) bond motifs is 2. The molecule has 2 heterocycles. The van der Waals surface area contributed by atoms with E-state index < -0.39 is 0 Å². The zero-order valence-electron chi connectivity index (χ0n) is 13.5. The number of rotatable bonds is 2. The van der Waals surface area contributed by atoms with Crippen LogP contribution in [-0.2, 0) is 17.6 Å². The van der Waals surface area contributed by atoms with Gasteiger partial charge in [0.15, 0.2) is 0 Å². The number of anilines is 1. The van der Waals surface area contributed by atoms with Crippen molar-refractivity contribution in [2.45, 2.75) is 32.6 Å². The fourth-order valence-electron chi connectivity index (χ4n) is 3.45. The lowest BCUT2D eigenvalue weighted by molar-refractivity contribution is -0.131. The summed E-state index contributed by atoms with van der Waals surface area (Å²) in [6, 6.07) is 5.84. The Morgan fingerprint density at radius 2 is 2.08 bits per heavy atom. The van der Waals surface area contributed by atoms with Crippen LogP contribution in [0.3, 0.4) is 0 Å². The molecule has 1 unspecified atom stereocenters. The number of hydrogen-bond donors (Lipinski definition) is 1. The van der Waals surface area contributed by atoms with Crippen molar-refractivity contribution in [1.82, 2.24) is 9.97 Å². The van der Waals surface area contributed by atoms with Crippen LogP contribution in [-0.4, -0.2) is 15.9 Å². The van der Waals surface area contributed by atoms with Crippen LogP contribution in [0.25, 0.3) is 10.2 Å². The highest BCUT2D eigenvalue weighted by atomic mass is 32.1. The number of thiophene rings is 1. The Balaban J connectivity index is 1.72. The number of carbonyl (C=O) groups excluding carboxylic acids is 1. The standard InChI is InChI=1S/C18H17N3O2S/c1-9-8-24-17-15(9)16(20-18(19)21-17)13-5-11-3-4-14(23-10(2)22)7-12(11)6-13/h3-4,7-8,13H,5-6H2,1-2H3,(H2,19,20,21). The molecule has 0 aliphatic heterocycles. The molecule has 1 aliphatic rings. The predicted octanol–water partition coefficient (Wildman–Crippen LogP) is 3.39. The van der Waals surface area contributed by atoms with Crippen LogP contribution in [0.15, 0.2) is 23.6 Å². The van der Waals surface area contributed by atoms with Crippen molar-refractivity contribution in [3.05, 3.63) is 46.0 Å². The van der Waals surface area contributed by atoms with E-state index in [9.17, 15) is 4.79 Å². The van der Waals surface area contributed by atoms with Crippen molar-refractivity contribution in [3.8, 4) is 5.75 Å². The minimum atomic E-state index is -0.302. The first kappa shape index (κ1) is 15.1. The Bertz CT molecular complexity index is 964. The molecule has 6 heteroatoms. The molecule has 1 aliphatic carbocycles. The summed E-state index contributed by atoms with van der Waals surface area (Å²) in [6.45, 7) is 3.50. The van der Waals surface area contributed by atoms with Crippen LogP contribution in [0.4, 0.5) is 5.95 Å². The maximum atomic E-state index is 11.1. The quantitative estimate of drug-likeness (QED) is 0.572. The van der Waals surface area contributed by atoms with E-state index >= 15 is 0 Å². The first-order valence-electron chi connectivity index (χ1n) is 7.82. The van der Waals surface area contributed by atoms with Crippen molar-refractivity contribution < 1.29 is 9.53 Å². The molecule has 1 atom stereocenters. The molecular formula is C18H17N3O2S. The van der Waals surface area contributed by atoms with Gasteiger partial charge in [0.05, 0.1) is 5.69 Å². The van der Waals surface area contributed by atoms with Gasteiger partial charge in [-0.1, -0.05) is 6.07 Å². The van der Waals surface area contributed by atoms with E-state index in [-0.39, 0.29) is 11.9 Å². The van der Waals surface area contributed by atoms with Gasteiger partial charge < -0.3 is 10.5 Å². The molecule has 0 saturated carbocycles. The summed E-state index contributed by atoms with van der Waals surface area (Å²) in [5, 5.41) is 3.23. The van der Waals surface area contributed by atoms with E-state index in [1.54, 1.807) is 11.3 Å². The topological polar surface area (TPSA) is 78.1 Å². The molecule has 0 saturated heterocycles. The second-order valence-electron chi connectivity index (χ2n) is 6.20. The molecular weight excluding hydrogens is 322 g/mol. The van der Waals surface area contributed by atoms with E-state index in [2.05, 4.69) is 22.3 Å². The molecule has 1 aromatic carbocycles. The smallest absolute Gasteiger partial charge is 0.308 e. The van der Waals surface area contributed by atoms with Crippen molar-refractivity contribution >= 4 is 33.5 Å². The molecule has 122 valence electrons. The van der Waals surface area contributed by atoms with Crippen LogP contribution < -0.4 is 10.5 Å². The second kappa shape index (κ2) is 5.56. The summed E-state index contributed by atoms with van der Waals surface area (Å²) in [4.78, 5) is 21.0. The third-order valence-corrected chi connectivity index (χ3v) is 5.41. The normalized spacial score (nSPS) is 16.3. The predicted molar refractivity (Wildman–Crippen MR) is 94.5 cm³/mol. The van der Waals surface area contributed by atoms with Gasteiger partial charge >= 0.3 is 5.97 Å². The van der Waals surface area contributed by atoms with E-state index in [4.69, 9.17) is 10.5 Å². The van der Waals surface area contributed by atoms with E-state index in [0.717, 1.165) is 28.8 Å². The number of nitrogen functional groups attached to an aromatic ring is 1. The maximum Gasteiger partial charge on any atom is 0.308 e. The molecule has 0 amide bonds. The fraction of sp³-hybridized carbons (Fsp3) is 0.278. The van der Waals surface area contributed by atoms with Crippen LogP contribution in [0.5, 0.6) is 5.75 Å². The molecule has 0 spiro atoms. The van der Waals surface area contributed by atoms with Gasteiger partial charge in [-0.05, 0) is 54.0 Å². The third-order valence-electron chi connectivity index (χ3n) is 4.42. The Kier molecular flexibility index (Phi) is 3.49. The summed E-state index contributed by atoms with van der Waals surface area (Å²) < 4.78 is 5.19. The van der Waals surface area contributed by atoms with E-state index in [1.165, 1.54) is 23.6 Å². The number of aromatic nitrogens is 2. The number of hydrogen-bond acceptors (Lipinski definition) is 6. The number of ether oxygens (including phenoxy) is 1. The van der Waals surface area contributed by atoms with E-state index in [1.807, 2.05) is 18.2 Å². The second-order valence-corrected chi connectivity index (χ2v) is 7.05. The molecule has 0 radical (unpaired) electrons. The van der Waals surface area contributed by atoms with Gasteiger partial charge in [0.25, 0.3) is 0 Å². The summed E-state index contributed by atoms with van der Waals surface area (Å²) in [5.41, 5.74) is 10.6. The first-order chi connectivity index (χ1) is 11.5. The van der Waals surface area contributed by atoms with Gasteiger partial charge in [0, 0.05) is 18.2 Å². The highest BCUT2D eigenvalue weighted by molar-refractivity contribution is 7.17. The molecule has 0 bridgehead atoms. The SMILES string of the molecule is CC(=O)Oc1ccc2c(c1)CC(c1nc(N)nc3scc(C)c13)C2. The summed E-state index contributed by atoms with van der Waals surface area (Å²) in [5.74, 6) is 0.897. The highest BCUT2D eigenvalue weighted by Gasteiger charge is 2.27. The summed E-state index contributed by atoms with van der Waals surface area (Å²) in [7, 11) is 0. The van der Waals surface area contributed by atoms with Crippen LogP contribution in [0.1, 0.15) is 35.2 Å². The molecule has 2 N–H and O–H groups in total. The zero-order chi connectivity index (χ0) is 16.8. The first-order valence-corrected chi connectivity index (χ1v) is 8.70. The molecule has 5 nitrogen and oxygen atoms in total. The number of carbonyl (C=O) groups is 1. The monoisotopic (exact) mass is 339 g/mol. The number of nitrogens with two attached hydrogens (primary N) is 1. The van der Waals surface area contributed by atoms with Gasteiger partial charge in [0.1, 0.15) is 10.6 Å². The van der Waals surface area contributed by atoms with E-state index in [0.29, 0.717) is 11.7 Å². The molecule has 0 fully saturated rings. The van der Waals surface area contributed by atoms with Gasteiger partial charge in [0.2, 0.25) is 5.95 Å². The van der Waals surface area contributed by atoms with Gasteiger partial charge in [-0.2, -0.15) is 0 Å². The van der Waals surface area contributed by atoms with Crippen LogP contribution >= 0.6 is 11.3 Å². The highest BCUT2D eigenvalue weighted by Crippen LogP contribution is 2.39. The number of benzene rings is 1. The summed E-state index contributed by atoms with van der Waals surface area (Å²) >= 11 is 1.61. The van der Waals surface area contributed by atoms with Crippen molar-refractivity contribution in [2.75, 3.05) is 5.73 Å². The lowest BCUT2D eigenvalue weighted by atomic mass is 9.98. The zero-order valence-corrected chi connectivity index (χ0v) is 14.3. The number of nitrogens with zero attached hydrogens (tertiary/aromatic N) is 2. The minimum Gasteiger partial charge on any atom is -0.427 e. The molecule has 24 heavy (non-hydrogen) atoms. The van der Waals surface area contributed by atoms with Crippen LogP contribution in [0.2, 0.25) is 0 Å². The summed E-state index contributed by atoms with van der Waals surface area (Å²) in [6.07, 6.45) is 1.78. The van der Waals surface area contributed by atoms with Gasteiger partial charge in [-0.25, -0.2) is 9.97 Å². The average Bonchev–Trinajstić information content (AvgIpc) is 3.09. The number of aryl methyl sites for hydroxylation is 1. The molecule has 3 aromatic rings. The number of esters is 1. The average molecular weight is 339 g/mol. The molecule has 4 rings (SSSR count). The van der Waals surface area contributed by atoms with Crippen molar-refractivity contribution in [3.63, 3.8) is 0 Å². The largest absolute Gasteiger partial charge is 0.427 e. The third kappa shape index (κ3) is 2.53. The van der Waals surface area contributed by atoms with Crippen molar-refractivity contribution in [2.24, 2.45) is 0 Å². The van der Waals surface area contributed by atoms with Gasteiger partial charge in [-0.3, -0.25) is 4.79 Å². The lowest BCUT2D eigenvalue weighted by Gasteiger charge is -2.11. The van der Waals surface area contributed by atoms with Crippen LogP contribution in [0, 0.1) is 6.92 Å². The lowest BCUT2D eigenvalue weighted by Crippen LogP contribution is -2.06. The Hall–Kier alpha value is -2.47. The van der Waals surface area contributed by atoms with Gasteiger partial charge in [-0.15, -0.1) is 11.3 Å². The molecule has 2 aromatic heterocycles. The Morgan fingerprint density at radius 3 is 2.88 bits per heavy atom. The Morgan fingerprint density at radius 1 is 1.29 bits per heavy atom.